The van der Waals surface area contributed by atoms with E-state index in [2.05, 4.69) is 15.8 Å². The predicted octanol–water partition coefficient (Wildman–Crippen LogP) is 3.09. The highest BCUT2D eigenvalue weighted by Crippen LogP contribution is 2.22. The molecule has 1 fully saturated rings. The summed E-state index contributed by atoms with van der Waals surface area (Å²) < 4.78 is 10.4. The van der Waals surface area contributed by atoms with Crippen molar-refractivity contribution in [3.05, 3.63) is 36.1 Å². The molecule has 6 heteroatoms. The van der Waals surface area contributed by atoms with Gasteiger partial charge in [-0.3, -0.25) is 0 Å². The van der Waals surface area contributed by atoms with Crippen molar-refractivity contribution in [3.8, 4) is 17.0 Å². The number of aromatic nitrogens is 1. The minimum Gasteiger partial charge on any atom is -0.497 e. The summed E-state index contributed by atoms with van der Waals surface area (Å²) in [5.41, 5.74) is 1.68. The van der Waals surface area contributed by atoms with E-state index in [1.165, 1.54) is 12.8 Å². The van der Waals surface area contributed by atoms with Crippen LogP contribution in [0.2, 0.25) is 0 Å². The summed E-state index contributed by atoms with van der Waals surface area (Å²) in [6.07, 6.45) is 4.52. The van der Waals surface area contributed by atoms with Gasteiger partial charge < -0.3 is 19.9 Å². The van der Waals surface area contributed by atoms with Crippen molar-refractivity contribution in [2.24, 2.45) is 0 Å². The maximum atomic E-state index is 11.8. The van der Waals surface area contributed by atoms with Gasteiger partial charge in [-0.2, -0.15) is 0 Å². The van der Waals surface area contributed by atoms with E-state index in [1.54, 1.807) is 7.11 Å². The first kappa shape index (κ1) is 15.4. The molecule has 0 saturated heterocycles. The van der Waals surface area contributed by atoms with Crippen LogP contribution in [0.5, 0.6) is 5.75 Å². The third kappa shape index (κ3) is 4.03. The van der Waals surface area contributed by atoms with Crippen molar-refractivity contribution in [1.29, 1.82) is 0 Å². The molecular weight excluding hydrogens is 294 g/mol. The number of nitrogens with zero attached hydrogens (tertiary/aromatic N) is 1. The molecule has 0 spiro atoms. The Hall–Kier alpha value is -2.50. The number of amides is 2. The SMILES string of the molecule is COc1ccc(-c2cc(CNC(=O)NC3CCCC3)on2)cc1. The van der Waals surface area contributed by atoms with E-state index in [-0.39, 0.29) is 6.03 Å². The zero-order valence-electron chi connectivity index (χ0n) is 13.2. The first-order valence-corrected chi connectivity index (χ1v) is 7.89. The molecule has 0 unspecified atom stereocenters. The highest BCUT2D eigenvalue weighted by atomic mass is 16.5. The van der Waals surface area contributed by atoms with Gasteiger partial charge in [0.25, 0.3) is 0 Å². The van der Waals surface area contributed by atoms with Crippen molar-refractivity contribution in [2.75, 3.05) is 7.11 Å². The van der Waals surface area contributed by atoms with E-state index in [4.69, 9.17) is 9.26 Å². The molecule has 23 heavy (non-hydrogen) atoms. The lowest BCUT2D eigenvalue weighted by atomic mass is 10.1. The number of urea groups is 1. The second-order valence-corrected chi connectivity index (χ2v) is 5.72. The Morgan fingerprint density at radius 2 is 2.04 bits per heavy atom. The van der Waals surface area contributed by atoms with Crippen molar-refractivity contribution >= 4 is 6.03 Å². The standard InChI is InChI=1S/C17H21N3O3/c1-22-14-8-6-12(7-9-14)16-10-15(23-20-16)11-18-17(21)19-13-4-2-3-5-13/h6-10,13H,2-5,11H2,1H3,(H2,18,19,21). The van der Waals surface area contributed by atoms with Crippen molar-refractivity contribution in [2.45, 2.75) is 38.3 Å². The van der Waals surface area contributed by atoms with Gasteiger partial charge in [0, 0.05) is 17.7 Å². The summed E-state index contributed by atoms with van der Waals surface area (Å²) in [5.74, 6) is 1.42. The van der Waals surface area contributed by atoms with Gasteiger partial charge in [0.05, 0.1) is 13.7 Å². The van der Waals surface area contributed by atoms with E-state index in [9.17, 15) is 4.79 Å². The minimum atomic E-state index is -0.153. The third-order valence-corrected chi connectivity index (χ3v) is 4.06. The lowest BCUT2D eigenvalue weighted by Gasteiger charge is -2.11. The molecule has 1 aliphatic carbocycles. The number of methoxy groups -OCH3 is 1. The van der Waals surface area contributed by atoms with Gasteiger partial charge in [0.2, 0.25) is 0 Å². The van der Waals surface area contributed by atoms with Crippen molar-refractivity contribution in [3.63, 3.8) is 0 Å². The van der Waals surface area contributed by atoms with Crippen LogP contribution in [0.3, 0.4) is 0 Å². The molecule has 0 bridgehead atoms. The third-order valence-electron chi connectivity index (χ3n) is 4.06. The monoisotopic (exact) mass is 315 g/mol. The lowest BCUT2D eigenvalue weighted by Crippen LogP contribution is -2.40. The molecular formula is C17H21N3O3. The van der Waals surface area contributed by atoms with Crippen LogP contribution in [-0.4, -0.2) is 24.3 Å². The number of hydrogen-bond acceptors (Lipinski definition) is 4. The molecule has 1 heterocycles. The molecule has 0 radical (unpaired) electrons. The lowest BCUT2D eigenvalue weighted by molar-refractivity contribution is 0.235. The average molecular weight is 315 g/mol. The summed E-state index contributed by atoms with van der Waals surface area (Å²) in [5, 5.41) is 9.81. The van der Waals surface area contributed by atoms with Crippen LogP contribution in [0.25, 0.3) is 11.3 Å². The fourth-order valence-electron chi connectivity index (χ4n) is 2.77. The van der Waals surface area contributed by atoms with Crippen LogP contribution in [0.15, 0.2) is 34.9 Å². The van der Waals surface area contributed by atoms with Crippen LogP contribution < -0.4 is 15.4 Å². The molecule has 2 aromatic rings. The fraction of sp³-hybridized carbons (Fsp3) is 0.412. The number of hydrogen-bond donors (Lipinski definition) is 2. The maximum Gasteiger partial charge on any atom is 0.315 e. The number of carbonyl (C=O) groups is 1. The summed E-state index contributed by atoms with van der Waals surface area (Å²) in [6.45, 7) is 0.321. The van der Waals surface area contributed by atoms with Gasteiger partial charge in [0.1, 0.15) is 11.4 Å². The molecule has 0 atom stereocenters. The topological polar surface area (TPSA) is 76.4 Å². The molecule has 3 rings (SSSR count). The number of rotatable bonds is 5. The van der Waals surface area contributed by atoms with Gasteiger partial charge in [-0.15, -0.1) is 0 Å². The molecule has 1 aromatic heterocycles. The second kappa shape index (κ2) is 7.17. The fourth-order valence-corrected chi connectivity index (χ4v) is 2.77. The zero-order valence-corrected chi connectivity index (χ0v) is 13.2. The Balaban J connectivity index is 1.53. The first-order chi connectivity index (χ1) is 11.2. The van der Waals surface area contributed by atoms with Gasteiger partial charge >= 0.3 is 6.03 Å². The Bertz CT molecular complexity index is 645. The average Bonchev–Trinajstić information content (AvgIpc) is 3.25. The smallest absolute Gasteiger partial charge is 0.315 e. The molecule has 1 aliphatic rings. The van der Waals surface area contributed by atoms with E-state index in [1.807, 2.05) is 30.3 Å². The first-order valence-electron chi connectivity index (χ1n) is 7.89. The van der Waals surface area contributed by atoms with Crippen LogP contribution in [0.4, 0.5) is 4.79 Å². The van der Waals surface area contributed by atoms with Crippen LogP contribution >= 0.6 is 0 Å². The summed E-state index contributed by atoms with van der Waals surface area (Å²) in [7, 11) is 1.63. The van der Waals surface area contributed by atoms with Gasteiger partial charge in [-0.1, -0.05) is 18.0 Å². The molecule has 1 aromatic carbocycles. The molecule has 122 valence electrons. The van der Waals surface area contributed by atoms with Gasteiger partial charge in [0.15, 0.2) is 5.76 Å². The molecule has 6 nitrogen and oxygen atoms in total. The Labute approximate surface area is 135 Å². The van der Waals surface area contributed by atoms with Crippen LogP contribution in [0, 0.1) is 0 Å². The molecule has 2 N–H and O–H groups in total. The normalized spacial score (nSPS) is 14.7. The van der Waals surface area contributed by atoms with E-state index >= 15 is 0 Å². The van der Waals surface area contributed by atoms with Gasteiger partial charge in [-0.25, -0.2) is 4.79 Å². The van der Waals surface area contributed by atoms with Crippen LogP contribution in [0.1, 0.15) is 31.4 Å². The summed E-state index contributed by atoms with van der Waals surface area (Å²) in [6, 6.07) is 9.56. The maximum absolute atomic E-state index is 11.8. The quantitative estimate of drug-likeness (QED) is 0.889. The van der Waals surface area contributed by atoms with Crippen molar-refractivity contribution < 1.29 is 14.1 Å². The van der Waals surface area contributed by atoms with E-state index < -0.39 is 0 Å². The van der Waals surface area contributed by atoms with Gasteiger partial charge in [-0.05, 0) is 37.1 Å². The highest BCUT2D eigenvalue weighted by Gasteiger charge is 2.17. The highest BCUT2D eigenvalue weighted by molar-refractivity contribution is 5.74. The number of ether oxygens (including phenoxy) is 1. The summed E-state index contributed by atoms with van der Waals surface area (Å²) in [4.78, 5) is 11.8. The van der Waals surface area contributed by atoms with E-state index in [0.29, 0.717) is 18.3 Å². The molecule has 0 aliphatic heterocycles. The van der Waals surface area contributed by atoms with E-state index in [0.717, 1.165) is 29.8 Å². The summed E-state index contributed by atoms with van der Waals surface area (Å²) >= 11 is 0. The molecule has 1 saturated carbocycles. The largest absolute Gasteiger partial charge is 0.497 e. The number of nitrogens with one attached hydrogen (secondary N) is 2. The number of benzene rings is 1. The predicted molar refractivity (Wildman–Crippen MR) is 86.1 cm³/mol. The zero-order chi connectivity index (χ0) is 16.1. The number of carbonyl (C=O) groups excluding carboxylic acids is 1. The Kier molecular flexibility index (Phi) is 4.80. The molecule has 2 amide bonds. The van der Waals surface area contributed by atoms with Crippen molar-refractivity contribution in [1.82, 2.24) is 15.8 Å². The minimum absolute atomic E-state index is 0.153. The van der Waals surface area contributed by atoms with Crippen LogP contribution in [-0.2, 0) is 6.54 Å². The Morgan fingerprint density at radius 1 is 1.30 bits per heavy atom. The Morgan fingerprint density at radius 3 is 2.74 bits per heavy atom. The second-order valence-electron chi connectivity index (χ2n) is 5.72.